The SMILES string of the molecule is CCc1nc2sc(C(c3cccc(F)c3)N3CCN(c4ccccc4)CC3)c(O)n2n1. The van der Waals surface area contributed by atoms with Crippen molar-refractivity contribution in [1.82, 2.24) is 19.5 Å². The summed E-state index contributed by atoms with van der Waals surface area (Å²) in [7, 11) is 0. The van der Waals surface area contributed by atoms with Crippen molar-refractivity contribution < 1.29 is 9.50 Å². The number of nitrogens with zero attached hydrogens (tertiary/aromatic N) is 5. The van der Waals surface area contributed by atoms with E-state index in [9.17, 15) is 9.50 Å². The van der Waals surface area contributed by atoms with Gasteiger partial charge in [0.05, 0.1) is 10.9 Å². The second kappa shape index (κ2) is 8.28. The van der Waals surface area contributed by atoms with Gasteiger partial charge in [0.1, 0.15) is 5.82 Å². The van der Waals surface area contributed by atoms with Gasteiger partial charge in [-0.3, -0.25) is 4.90 Å². The molecule has 1 N–H and O–H groups in total. The van der Waals surface area contributed by atoms with Crippen LogP contribution in [0.1, 0.15) is 29.2 Å². The van der Waals surface area contributed by atoms with Gasteiger partial charge in [0.2, 0.25) is 10.8 Å². The predicted molar refractivity (Wildman–Crippen MR) is 120 cm³/mol. The molecule has 0 spiro atoms. The lowest BCUT2D eigenvalue weighted by Gasteiger charge is -2.40. The van der Waals surface area contributed by atoms with Gasteiger partial charge in [-0.1, -0.05) is 48.6 Å². The molecule has 1 atom stereocenters. The summed E-state index contributed by atoms with van der Waals surface area (Å²) in [6.45, 7) is 5.29. The number of aromatic hydroxyl groups is 1. The van der Waals surface area contributed by atoms with Crippen LogP contribution >= 0.6 is 11.3 Å². The normalized spacial score (nSPS) is 16.1. The third-order valence-electron chi connectivity index (χ3n) is 5.77. The number of hydrogen-bond donors (Lipinski definition) is 1. The first kappa shape index (κ1) is 20.0. The first-order valence-electron chi connectivity index (χ1n) is 10.5. The molecule has 1 saturated heterocycles. The van der Waals surface area contributed by atoms with Gasteiger partial charge in [0.25, 0.3) is 0 Å². The minimum Gasteiger partial charge on any atom is -0.492 e. The highest BCUT2D eigenvalue weighted by Crippen LogP contribution is 2.40. The molecule has 0 aliphatic carbocycles. The summed E-state index contributed by atoms with van der Waals surface area (Å²) in [5, 5.41) is 15.4. The summed E-state index contributed by atoms with van der Waals surface area (Å²) in [6.07, 6.45) is 0.706. The van der Waals surface area contributed by atoms with Crippen LogP contribution in [-0.2, 0) is 6.42 Å². The van der Waals surface area contributed by atoms with E-state index in [2.05, 4.69) is 32.0 Å². The molecule has 8 heteroatoms. The summed E-state index contributed by atoms with van der Waals surface area (Å²) in [5.41, 5.74) is 2.03. The van der Waals surface area contributed by atoms with Crippen LogP contribution in [0.25, 0.3) is 4.96 Å². The number of hydrogen-bond acceptors (Lipinski definition) is 6. The molecule has 0 amide bonds. The molecular weight excluding hydrogens is 413 g/mol. The van der Waals surface area contributed by atoms with Crippen molar-refractivity contribution in [2.75, 3.05) is 31.1 Å². The van der Waals surface area contributed by atoms with E-state index < -0.39 is 0 Å². The number of halogens is 1. The summed E-state index contributed by atoms with van der Waals surface area (Å²) >= 11 is 1.42. The molecule has 1 aliphatic heterocycles. The van der Waals surface area contributed by atoms with E-state index in [-0.39, 0.29) is 17.7 Å². The van der Waals surface area contributed by atoms with E-state index in [1.807, 2.05) is 31.2 Å². The molecule has 0 bridgehead atoms. The van der Waals surface area contributed by atoms with Crippen molar-refractivity contribution in [3.8, 4) is 5.88 Å². The average molecular weight is 438 g/mol. The van der Waals surface area contributed by atoms with E-state index in [1.54, 1.807) is 12.1 Å². The highest BCUT2D eigenvalue weighted by Gasteiger charge is 2.32. The number of thiazole rings is 1. The molecule has 160 valence electrons. The Morgan fingerprint density at radius 1 is 1.06 bits per heavy atom. The number of aromatic nitrogens is 3. The van der Waals surface area contributed by atoms with Crippen LogP contribution in [0.3, 0.4) is 0 Å². The summed E-state index contributed by atoms with van der Waals surface area (Å²) in [6, 6.07) is 16.8. The Bertz CT molecular complexity index is 1180. The Morgan fingerprint density at radius 2 is 1.84 bits per heavy atom. The lowest BCUT2D eigenvalue weighted by molar-refractivity contribution is 0.211. The standard InChI is InChI=1S/C23H24FN5OS/c1-2-19-25-23-29(26-19)22(30)21(31-23)20(16-7-6-8-17(24)15-16)28-13-11-27(12-14-28)18-9-4-3-5-10-18/h3-10,15,20,30H,2,11-14H2,1H3. The van der Waals surface area contributed by atoms with Crippen LogP contribution in [0.5, 0.6) is 5.88 Å². The molecule has 5 rings (SSSR count). The highest BCUT2D eigenvalue weighted by molar-refractivity contribution is 7.17. The smallest absolute Gasteiger partial charge is 0.230 e. The molecule has 31 heavy (non-hydrogen) atoms. The molecule has 1 unspecified atom stereocenters. The van der Waals surface area contributed by atoms with Gasteiger partial charge in [0, 0.05) is 38.3 Å². The second-order valence-corrected chi connectivity index (χ2v) is 8.69. The number of fused-ring (bicyclic) bond motifs is 1. The van der Waals surface area contributed by atoms with Crippen molar-refractivity contribution in [1.29, 1.82) is 0 Å². The van der Waals surface area contributed by atoms with Gasteiger partial charge in [-0.05, 0) is 29.8 Å². The zero-order chi connectivity index (χ0) is 21.4. The summed E-state index contributed by atoms with van der Waals surface area (Å²) in [4.78, 5) is 10.6. The van der Waals surface area contributed by atoms with Gasteiger partial charge in [-0.15, -0.1) is 5.10 Å². The average Bonchev–Trinajstić information content (AvgIpc) is 3.34. The van der Waals surface area contributed by atoms with Gasteiger partial charge in [-0.25, -0.2) is 9.37 Å². The first-order chi connectivity index (χ1) is 15.1. The van der Waals surface area contributed by atoms with Gasteiger partial charge in [-0.2, -0.15) is 4.52 Å². The topological polar surface area (TPSA) is 56.9 Å². The number of para-hydroxylation sites is 1. The minimum atomic E-state index is -0.280. The lowest BCUT2D eigenvalue weighted by Crippen LogP contribution is -2.47. The quantitative estimate of drug-likeness (QED) is 0.509. The fourth-order valence-electron chi connectivity index (χ4n) is 4.20. The molecule has 1 fully saturated rings. The van der Waals surface area contributed by atoms with Gasteiger partial charge < -0.3 is 10.0 Å². The van der Waals surface area contributed by atoms with E-state index in [0.29, 0.717) is 17.2 Å². The summed E-state index contributed by atoms with van der Waals surface area (Å²) in [5.74, 6) is 0.511. The van der Waals surface area contributed by atoms with Crippen LogP contribution in [0.2, 0.25) is 0 Å². The monoisotopic (exact) mass is 437 g/mol. The maximum atomic E-state index is 14.1. The van der Waals surface area contributed by atoms with E-state index in [0.717, 1.165) is 36.6 Å². The van der Waals surface area contributed by atoms with Gasteiger partial charge >= 0.3 is 0 Å². The lowest BCUT2D eigenvalue weighted by atomic mass is 10.0. The van der Waals surface area contributed by atoms with Crippen LogP contribution < -0.4 is 4.90 Å². The fourth-order valence-corrected chi connectivity index (χ4v) is 5.34. The van der Waals surface area contributed by atoms with Crippen molar-refractivity contribution in [3.05, 3.63) is 76.7 Å². The maximum absolute atomic E-state index is 14.1. The first-order valence-corrected chi connectivity index (χ1v) is 11.3. The fraction of sp³-hybridized carbons (Fsp3) is 0.304. The maximum Gasteiger partial charge on any atom is 0.230 e. The van der Waals surface area contributed by atoms with Crippen molar-refractivity contribution in [2.45, 2.75) is 19.4 Å². The zero-order valence-electron chi connectivity index (χ0n) is 17.3. The predicted octanol–water partition coefficient (Wildman–Crippen LogP) is 4.11. The molecule has 2 aromatic heterocycles. The molecule has 2 aromatic carbocycles. The molecule has 4 aromatic rings. The Morgan fingerprint density at radius 3 is 2.52 bits per heavy atom. The Balaban J connectivity index is 1.49. The molecule has 0 radical (unpaired) electrons. The van der Waals surface area contributed by atoms with Crippen LogP contribution in [0.4, 0.5) is 10.1 Å². The third-order valence-corrected chi connectivity index (χ3v) is 6.85. The number of anilines is 1. The van der Waals surface area contributed by atoms with Crippen LogP contribution in [0.15, 0.2) is 54.6 Å². The number of aryl methyl sites for hydroxylation is 1. The Labute approximate surface area is 184 Å². The van der Waals surface area contributed by atoms with Crippen molar-refractivity contribution in [3.63, 3.8) is 0 Å². The molecular formula is C23H24FN5OS. The molecule has 1 aliphatic rings. The van der Waals surface area contributed by atoms with E-state index >= 15 is 0 Å². The molecule has 3 heterocycles. The zero-order valence-corrected chi connectivity index (χ0v) is 18.1. The second-order valence-electron chi connectivity index (χ2n) is 7.68. The van der Waals surface area contributed by atoms with Crippen molar-refractivity contribution >= 4 is 22.0 Å². The minimum absolute atomic E-state index is 0.0898. The van der Waals surface area contributed by atoms with E-state index in [4.69, 9.17) is 0 Å². The highest BCUT2D eigenvalue weighted by atomic mass is 32.1. The Hall–Kier alpha value is -2.97. The molecule has 0 saturated carbocycles. The van der Waals surface area contributed by atoms with Crippen LogP contribution in [0, 0.1) is 5.82 Å². The largest absolute Gasteiger partial charge is 0.492 e. The van der Waals surface area contributed by atoms with Gasteiger partial charge in [0.15, 0.2) is 5.82 Å². The third kappa shape index (κ3) is 3.77. The number of piperazine rings is 1. The number of benzene rings is 2. The van der Waals surface area contributed by atoms with Crippen LogP contribution in [-0.4, -0.2) is 50.8 Å². The summed E-state index contributed by atoms with van der Waals surface area (Å²) < 4.78 is 15.6. The van der Waals surface area contributed by atoms with E-state index in [1.165, 1.54) is 27.6 Å². The molecule has 6 nitrogen and oxygen atoms in total. The Kier molecular flexibility index (Phi) is 5.33. The van der Waals surface area contributed by atoms with Crippen molar-refractivity contribution in [2.24, 2.45) is 0 Å². The number of rotatable bonds is 5.